The lowest BCUT2D eigenvalue weighted by atomic mass is 10.00. The summed E-state index contributed by atoms with van der Waals surface area (Å²) in [6, 6.07) is 0.153. The Balaban J connectivity index is 1.74. The Hall–Kier alpha value is -0.900. The molecule has 0 bridgehead atoms. The molecule has 0 aromatic rings. The molecule has 0 aromatic heterocycles. The predicted octanol–water partition coefficient (Wildman–Crippen LogP) is 1.55. The molecule has 0 aromatic carbocycles. The number of hydrogen-bond acceptors (Lipinski definition) is 3. The van der Waals surface area contributed by atoms with Crippen LogP contribution in [0, 0.1) is 17.8 Å². The van der Waals surface area contributed by atoms with Gasteiger partial charge in [-0.15, -0.1) is 0 Å². The third kappa shape index (κ3) is 2.20. The molecule has 3 fully saturated rings. The first kappa shape index (κ1) is 13.1. The quantitative estimate of drug-likeness (QED) is 0.770. The highest BCUT2D eigenvalue weighted by atomic mass is 16.2. The molecule has 1 saturated carbocycles. The molecule has 0 spiro atoms. The van der Waals surface area contributed by atoms with Crippen molar-refractivity contribution in [1.29, 1.82) is 0 Å². The van der Waals surface area contributed by atoms with E-state index in [1.165, 1.54) is 0 Å². The Morgan fingerprint density at radius 2 is 1.79 bits per heavy atom. The number of fused-ring (bicyclic) bond motifs is 1. The largest absolute Gasteiger partial charge is 0.317 e. The van der Waals surface area contributed by atoms with E-state index in [4.69, 9.17) is 0 Å². The van der Waals surface area contributed by atoms with E-state index in [9.17, 15) is 9.59 Å². The average molecular weight is 264 g/mol. The van der Waals surface area contributed by atoms with Crippen molar-refractivity contribution >= 4 is 11.8 Å². The van der Waals surface area contributed by atoms with Crippen LogP contribution in [0.4, 0.5) is 0 Å². The zero-order chi connectivity index (χ0) is 13.4. The Morgan fingerprint density at radius 1 is 1.11 bits per heavy atom. The topological polar surface area (TPSA) is 49.4 Å². The van der Waals surface area contributed by atoms with Crippen molar-refractivity contribution in [3.63, 3.8) is 0 Å². The Kier molecular flexibility index (Phi) is 3.61. The molecular formula is C15H24N2O2. The molecular weight excluding hydrogens is 240 g/mol. The second-order valence-corrected chi connectivity index (χ2v) is 6.34. The van der Waals surface area contributed by atoms with Gasteiger partial charge in [-0.25, -0.2) is 0 Å². The van der Waals surface area contributed by atoms with Gasteiger partial charge in [0.05, 0.1) is 11.8 Å². The minimum absolute atomic E-state index is 0.00802. The summed E-state index contributed by atoms with van der Waals surface area (Å²) in [5, 5.41) is 3.35. The maximum absolute atomic E-state index is 12.6. The Morgan fingerprint density at radius 3 is 2.42 bits per heavy atom. The molecule has 2 aliphatic heterocycles. The molecule has 1 N–H and O–H groups in total. The molecule has 3 atom stereocenters. The summed E-state index contributed by atoms with van der Waals surface area (Å²) in [5.41, 5.74) is 0. The molecule has 2 heterocycles. The van der Waals surface area contributed by atoms with Gasteiger partial charge in [0, 0.05) is 6.04 Å². The number of rotatable bonds is 2. The summed E-state index contributed by atoms with van der Waals surface area (Å²) >= 11 is 0. The summed E-state index contributed by atoms with van der Waals surface area (Å²) < 4.78 is 0. The average Bonchev–Trinajstić information content (AvgIpc) is 2.80. The van der Waals surface area contributed by atoms with Gasteiger partial charge >= 0.3 is 0 Å². The van der Waals surface area contributed by atoms with Crippen molar-refractivity contribution in [2.24, 2.45) is 17.8 Å². The third-order valence-electron chi connectivity index (χ3n) is 5.26. The van der Waals surface area contributed by atoms with Gasteiger partial charge in [-0.1, -0.05) is 13.3 Å². The summed E-state index contributed by atoms with van der Waals surface area (Å²) in [5.74, 6) is 0.874. The third-order valence-corrected chi connectivity index (χ3v) is 5.26. The van der Waals surface area contributed by atoms with Crippen LogP contribution in [0.1, 0.15) is 45.4 Å². The molecule has 106 valence electrons. The second-order valence-electron chi connectivity index (χ2n) is 6.34. The van der Waals surface area contributed by atoms with E-state index in [2.05, 4.69) is 12.2 Å². The number of carbonyl (C=O) groups excluding carboxylic acids is 2. The maximum atomic E-state index is 12.6. The number of nitrogens with zero attached hydrogens (tertiary/aromatic N) is 1. The summed E-state index contributed by atoms with van der Waals surface area (Å²) in [4.78, 5) is 26.8. The molecule has 3 rings (SSSR count). The minimum Gasteiger partial charge on any atom is -0.317 e. The fourth-order valence-electron chi connectivity index (χ4n) is 4.11. The van der Waals surface area contributed by atoms with Crippen LogP contribution >= 0.6 is 0 Å². The van der Waals surface area contributed by atoms with Gasteiger partial charge < -0.3 is 5.32 Å². The molecule has 4 heteroatoms. The van der Waals surface area contributed by atoms with Gasteiger partial charge in [0.25, 0.3) is 0 Å². The molecule has 3 unspecified atom stereocenters. The summed E-state index contributed by atoms with van der Waals surface area (Å²) in [7, 11) is 0. The number of amides is 2. The number of likely N-dealkylation sites (tertiary alicyclic amines) is 1. The van der Waals surface area contributed by atoms with Gasteiger partial charge in [0.15, 0.2) is 0 Å². The van der Waals surface area contributed by atoms with Crippen molar-refractivity contribution in [3.05, 3.63) is 0 Å². The van der Waals surface area contributed by atoms with E-state index in [0.29, 0.717) is 5.92 Å². The van der Waals surface area contributed by atoms with Crippen LogP contribution in [0.3, 0.4) is 0 Å². The normalized spacial score (nSPS) is 39.5. The van der Waals surface area contributed by atoms with E-state index in [0.717, 1.165) is 51.6 Å². The van der Waals surface area contributed by atoms with Gasteiger partial charge in [-0.2, -0.15) is 0 Å². The number of carbonyl (C=O) groups is 2. The smallest absolute Gasteiger partial charge is 0.233 e. The van der Waals surface area contributed by atoms with Crippen LogP contribution in [0.15, 0.2) is 0 Å². The highest BCUT2D eigenvalue weighted by molar-refractivity contribution is 6.05. The fourth-order valence-corrected chi connectivity index (χ4v) is 4.11. The monoisotopic (exact) mass is 264 g/mol. The summed E-state index contributed by atoms with van der Waals surface area (Å²) in [6.45, 7) is 4.10. The van der Waals surface area contributed by atoms with E-state index in [-0.39, 0.29) is 29.7 Å². The number of hydrogen-bond donors (Lipinski definition) is 1. The van der Waals surface area contributed by atoms with E-state index < -0.39 is 0 Å². The first-order valence-electron chi connectivity index (χ1n) is 7.80. The first-order valence-corrected chi connectivity index (χ1v) is 7.80. The van der Waals surface area contributed by atoms with Crippen molar-refractivity contribution < 1.29 is 9.59 Å². The predicted molar refractivity (Wildman–Crippen MR) is 72.4 cm³/mol. The standard InChI is InChI=1S/C15H24N2O2/c1-2-10-8-12-13(9-10)15(19)17(14(12)18)11-4-3-6-16-7-5-11/h10-13,16H,2-9H2,1H3. The molecule has 19 heavy (non-hydrogen) atoms. The molecule has 3 aliphatic rings. The Bertz CT molecular complexity index is 350. The molecule has 2 amide bonds. The Labute approximate surface area is 114 Å². The first-order chi connectivity index (χ1) is 9.22. The van der Waals surface area contributed by atoms with Crippen molar-refractivity contribution in [2.75, 3.05) is 13.1 Å². The van der Waals surface area contributed by atoms with Crippen LogP contribution in [-0.2, 0) is 9.59 Å². The minimum atomic E-state index is 0.00802. The summed E-state index contributed by atoms with van der Waals surface area (Å²) in [6.07, 6.45) is 5.94. The second kappa shape index (κ2) is 5.23. The van der Waals surface area contributed by atoms with Crippen LogP contribution < -0.4 is 5.32 Å². The zero-order valence-electron chi connectivity index (χ0n) is 11.7. The van der Waals surface area contributed by atoms with Crippen molar-refractivity contribution in [2.45, 2.75) is 51.5 Å². The SMILES string of the molecule is CCC1CC2C(=O)N(C3CCCNCC3)C(=O)C2C1. The van der Waals surface area contributed by atoms with E-state index in [1.54, 1.807) is 4.90 Å². The van der Waals surface area contributed by atoms with Gasteiger partial charge in [0.1, 0.15) is 0 Å². The molecule has 0 radical (unpaired) electrons. The highest BCUT2D eigenvalue weighted by Crippen LogP contribution is 2.45. The number of nitrogens with one attached hydrogen (secondary N) is 1. The molecule has 2 saturated heterocycles. The lowest BCUT2D eigenvalue weighted by molar-refractivity contribution is -0.143. The van der Waals surface area contributed by atoms with Crippen LogP contribution in [-0.4, -0.2) is 35.8 Å². The van der Waals surface area contributed by atoms with Gasteiger partial charge in [0.2, 0.25) is 11.8 Å². The number of imide groups is 1. The van der Waals surface area contributed by atoms with E-state index >= 15 is 0 Å². The lowest BCUT2D eigenvalue weighted by Crippen LogP contribution is -2.41. The van der Waals surface area contributed by atoms with E-state index in [1.807, 2.05) is 0 Å². The van der Waals surface area contributed by atoms with Crippen LogP contribution in [0.5, 0.6) is 0 Å². The zero-order valence-corrected chi connectivity index (χ0v) is 11.7. The lowest BCUT2D eigenvalue weighted by Gasteiger charge is -2.26. The van der Waals surface area contributed by atoms with Gasteiger partial charge in [-0.05, 0) is 51.1 Å². The molecule has 1 aliphatic carbocycles. The van der Waals surface area contributed by atoms with Crippen molar-refractivity contribution in [1.82, 2.24) is 10.2 Å². The van der Waals surface area contributed by atoms with Crippen molar-refractivity contribution in [3.8, 4) is 0 Å². The van der Waals surface area contributed by atoms with Gasteiger partial charge in [-0.3, -0.25) is 14.5 Å². The van der Waals surface area contributed by atoms with Crippen LogP contribution in [0.25, 0.3) is 0 Å². The van der Waals surface area contributed by atoms with Crippen LogP contribution in [0.2, 0.25) is 0 Å². The fraction of sp³-hybridized carbons (Fsp3) is 0.867. The maximum Gasteiger partial charge on any atom is 0.233 e. The molecule has 4 nitrogen and oxygen atoms in total. The highest BCUT2D eigenvalue weighted by Gasteiger charge is 2.53.